The molecule has 1 rings (SSSR count). The Morgan fingerprint density at radius 1 is 1.29 bits per heavy atom. The highest BCUT2D eigenvalue weighted by Gasteiger charge is 1.98. The van der Waals surface area contributed by atoms with E-state index in [1.54, 1.807) is 7.11 Å². The zero-order valence-electron chi connectivity index (χ0n) is 11.1. The van der Waals surface area contributed by atoms with Crippen LogP contribution in [0.25, 0.3) is 6.08 Å². The molecule has 2 nitrogen and oxygen atoms in total. The molecule has 0 saturated heterocycles. The molecule has 0 aliphatic carbocycles. The largest absolute Gasteiger partial charge is 0.496 e. The van der Waals surface area contributed by atoms with E-state index in [-0.39, 0.29) is 0 Å². The SMILES string of the molecule is CCCNCCC=Cc1cc(C)ccc1OC. The summed E-state index contributed by atoms with van der Waals surface area (Å²) in [5.41, 5.74) is 2.41. The van der Waals surface area contributed by atoms with Crippen molar-refractivity contribution in [3.63, 3.8) is 0 Å². The minimum Gasteiger partial charge on any atom is -0.496 e. The van der Waals surface area contributed by atoms with Crippen molar-refractivity contribution in [3.8, 4) is 5.75 Å². The van der Waals surface area contributed by atoms with Crippen LogP contribution in [0.3, 0.4) is 0 Å². The average molecular weight is 233 g/mol. The smallest absolute Gasteiger partial charge is 0.126 e. The standard InChI is InChI=1S/C15H23NO/c1-4-10-16-11-6-5-7-14-12-13(2)8-9-15(14)17-3/h5,7-9,12,16H,4,6,10-11H2,1-3H3. The monoisotopic (exact) mass is 233 g/mol. The van der Waals surface area contributed by atoms with Crippen LogP contribution in [0.1, 0.15) is 30.9 Å². The predicted molar refractivity (Wildman–Crippen MR) is 74.5 cm³/mol. The first-order valence-electron chi connectivity index (χ1n) is 6.29. The van der Waals surface area contributed by atoms with Crippen molar-refractivity contribution in [3.05, 3.63) is 35.4 Å². The van der Waals surface area contributed by atoms with Gasteiger partial charge in [-0.05, 0) is 45.0 Å². The van der Waals surface area contributed by atoms with E-state index in [0.29, 0.717) is 0 Å². The maximum atomic E-state index is 5.33. The molecule has 0 amide bonds. The van der Waals surface area contributed by atoms with E-state index in [0.717, 1.165) is 30.8 Å². The number of aryl methyl sites for hydroxylation is 1. The van der Waals surface area contributed by atoms with Gasteiger partial charge in [0.05, 0.1) is 7.11 Å². The summed E-state index contributed by atoms with van der Waals surface area (Å²) in [5.74, 6) is 0.938. The Morgan fingerprint density at radius 2 is 2.12 bits per heavy atom. The van der Waals surface area contributed by atoms with Crippen molar-refractivity contribution >= 4 is 6.08 Å². The quantitative estimate of drug-likeness (QED) is 0.729. The number of ether oxygens (including phenoxy) is 1. The van der Waals surface area contributed by atoms with Crippen LogP contribution in [0, 0.1) is 6.92 Å². The summed E-state index contributed by atoms with van der Waals surface area (Å²) in [6.07, 6.45) is 6.58. The molecule has 0 spiro atoms. The lowest BCUT2D eigenvalue weighted by molar-refractivity contribution is 0.413. The molecule has 0 aromatic heterocycles. The van der Waals surface area contributed by atoms with Crippen molar-refractivity contribution in [1.82, 2.24) is 5.32 Å². The molecule has 0 atom stereocenters. The molecule has 17 heavy (non-hydrogen) atoms. The highest BCUT2D eigenvalue weighted by Crippen LogP contribution is 2.20. The van der Waals surface area contributed by atoms with Gasteiger partial charge < -0.3 is 10.1 Å². The third kappa shape index (κ3) is 5.05. The average Bonchev–Trinajstić information content (AvgIpc) is 2.34. The second-order valence-corrected chi connectivity index (χ2v) is 4.19. The summed E-state index contributed by atoms with van der Waals surface area (Å²) < 4.78 is 5.33. The molecule has 0 fully saturated rings. The maximum absolute atomic E-state index is 5.33. The van der Waals surface area contributed by atoms with Crippen LogP contribution in [-0.4, -0.2) is 20.2 Å². The van der Waals surface area contributed by atoms with Gasteiger partial charge in [-0.25, -0.2) is 0 Å². The first-order valence-corrected chi connectivity index (χ1v) is 6.29. The molecule has 2 heteroatoms. The first-order chi connectivity index (χ1) is 8.27. The molecule has 0 radical (unpaired) electrons. The fraction of sp³-hybridized carbons (Fsp3) is 0.467. The van der Waals surface area contributed by atoms with Gasteiger partial charge >= 0.3 is 0 Å². The van der Waals surface area contributed by atoms with Gasteiger partial charge in [0.1, 0.15) is 5.75 Å². The topological polar surface area (TPSA) is 21.3 Å². The number of hydrogen-bond acceptors (Lipinski definition) is 2. The third-order valence-corrected chi connectivity index (χ3v) is 2.60. The van der Waals surface area contributed by atoms with E-state index < -0.39 is 0 Å². The van der Waals surface area contributed by atoms with E-state index >= 15 is 0 Å². The summed E-state index contributed by atoms with van der Waals surface area (Å²) in [4.78, 5) is 0. The Bertz CT molecular complexity index is 358. The lowest BCUT2D eigenvalue weighted by Crippen LogP contribution is -2.14. The highest BCUT2D eigenvalue weighted by atomic mass is 16.5. The number of hydrogen-bond donors (Lipinski definition) is 1. The lowest BCUT2D eigenvalue weighted by Gasteiger charge is -2.05. The Kier molecular flexibility index (Phi) is 6.41. The minimum atomic E-state index is 0.938. The van der Waals surface area contributed by atoms with Gasteiger partial charge in [0.25, 0.3) is 0 Å². The predicted octanol–water partition coefficient (Wildman–Crippen LogP) is 3.41. The Hall–Kier alpha value is -1.28. The van der Waals surface area contributed by atoms with Gasteiger partial charge in [-0.15, -0.1) is 0 Å². The van der Waals surface area contributed by atoms with Gasteiger partial charge in [0, 0.05) is 5.56 Å². The summed E-state index contributed by atoms with van der Waals surface area (Å²) in [6.45, 7) is 6.42. The molecule has 0 heterocycles. The van der Waals surface area contributed by atoms with Crippen LogP contribution >= 0.6 is 0 Å². The molecule has 0 unspecified atom stereocenters. The molecule has 1 aromatic rings. The Balaban J connectivity index is 2.49. The second kappa shape index (κ2) is 7.91. The number of methoxy groups -OCH3 is 1. The Labute approximate surface area is 105 Å². The number of rotatable bonds is 7. The molecule has 94 valence electrons. The molecule has 0 bridgehead atoms. The molecular formula is C15H23NO. The van der Waals surface area contributed by atoms with E-state index in [1.165, 1.54) is 12.0 Å². The first kappa shape index (κ1) is 13.8. The number of benzene rings is 1. The van der Waals surface area contributed by atoms with E-state index in [9.17, 15) is 0 Å². The van der Waals surface area contributed by atoms with Gasteiger partial charge in [-0.1, -0.05) is 30.7 Å². The fourth-order valence-corrected chi connectivity index (χ4v) is 1.68. The van der Waals surface area contributed by atoms with Gasteiger partial charge in [-0.3, -0.25) is 0 Å². The van der Waals surface area contributed by atoms with Crippen molar-refractivity contribution in [2.75, 3.05) is 20.2 Å². The second-order valence-electron chi connectivity index (χ2n) is 4.19. The zero-order valence-corrected chi connectivity index (χ0v) is 11.1. The van der Waals surface area contributed by atoms with Crippen LogP contribution in [-0.2, 0) is 0 Å². The maximum Gasteiger partial charge on any atom is 0.126 e. The van der Waals surface area contributed by atoms with Crippen molar-refractivity contribution in [1.29, 1.82) is 0 Å². The summed E-state index contributed by atoms with van der Waals surface area (Å²) >= 11 is 0. The normalized spacial score (nSPS) is 11.0. The lowest BCUT2D eigenvalue weighted by atomic mass is 10.1. The summed E-state index contributed by atoms with van der Waals surface area (Å²) in [7, 11) is 1.71. The molecule has 0 aliphatic heterocycles. The highest BCUT2D eigenvalue weighted by molar-refractivity contribution is 5.58. The van der Waals surface area contributed by atoms with Gasteiger partial charge in [0.2, 0.25) is 0 Å². The van der Waals surface area contributed by atoms with Crippen LogP contribution in [0.4, 0.5) is 0 Å². The van der Waals surface area contributed by atoms with Crippen molar-refractivity contribution < 1.29 is 4.74 Å². The van der Waals surface area contributed by atoms with Crippen LogP contribution in [0.15, 0.2) is 24.3 Å². The molecule has 1 aromatic carbocycles. The van der Waals surface area contributed by atoms with Gasteiger partial charge in [0.15, 0.2) is 0 Å². The van der Waals surface area contributed by atoms with Crippen molar-refractivity contribution in [2.45, 2.75) is 26.7 Å². The minimum absolute atomic E-state index is 0.938. The van der Waals surface area contributed by atoms with Crippen LogP contribution in [0.5, 0.6) is 5.75 Å². The zero-order chi connectivity index (χ0) is 12.5. The summed E-state index contributed by atoms with van der Waals surface area (Å²) in [5, 5.41) is 3.38. The molecular weight excluding hydrogens is 210 g/mol. The van der Waals surface area contributed by atoms with E-state index in [4.69, 9.17) is 4.74 Å². The van der Waals surface area contributed by atoms with Crippen LogP contribution < -0.4 is 10.1 Å². The number of nitrogens with one attached hydrogen (secondary N) is 1. The molecule has 1 N–H and O–H groups in total. The molecule has 0 saturated carbocycles. The fourth-order valence-electron chi connectivity index (χ4n) is 1.68. The van der Waals surface area contributed by atoms with Crippen molar-refractivity contribution in [2.24, 2.45) is 0 Å². The van der Waals surface area contributed by atoms with E-state index in [1.807, 2.05) is 6.07 Å². The Morgan fingerprint density at radius 3 is 2.82 bits per heavy atom. The van der Waals surface area contributed by atoms with E-state index in [2.05, 4.69) is 43.4 Å². The summed E-state index contributed by atoms with van der Waals surface area (Å²) in [6, 6.07) is 6.23. The third-order valence-electron chi connectivity index (χ3n) is 2.60. The molecule has 0 aliphatic rings. The van der Waals surface area contributed by atoms with Gasteiger partial charge in [-0.2, -0.15) is 0 Å². The van der Waals surface area contributed by atoms with Crippen LogP contribution in [0.2, 0.25) is 0 Å².